The lowest BCUT2D eigenvalue weighted by molar-refractivity contribution is -0.530. The summed E-state index contributed by atoms with van der Waals surface area (Å²) in [6.45, 7) is 1.83. The fourth-order valence-corrected chi connectivity index (χ4v) is 3.54. The zero-order valence-electron chi connectivity index (χ0n) is 18.0. The molecule has 0 bridgehead atoms. The number of benzene rings is 1. The summed E-state index contributed by atoms with van der Waals surface area (Å²) in [7, 11) is 1.48. The van der Waals surface area contributed by atoms with Gasteiger partial charge in [-0.2, -0.15) is 0 Å². The van der Waals surface area contributed by atoms with Crippen molar-refractivity contribution in [3.8, 4) is 17.1 Å². The number of aldehydes is 2. The van der Waals surface area contributed by atoms with E-state index in [1.165, 1.54) is 19.7 Å². The second-order valence-electron chi connectivity index (χ2n) is 7.29. The minimum Gasteiger partial charge on any atom is -0.496 e. The van der Waals surface area contributed by atoms with Crippen molar-refractivity contribution in [1.82, 2.24) is 15.2 Å². The zero-order valence-corrected chi connectivity index (χ0v) is 18.0. The van der Waals surface area contributed by atoms with Gasteiger partial charge in [0.15, 0.2) is 30.4 Å². The van der Waals surface area contributed by atoms with Crippen LogP contribution in [0.25, 0.3) is 11.3 Å². The molecule has 4 rings (SSSR count). The third kappa shape index (κ3) is 3.95. The third-order valence-electron chi connectivity index (χ3n) is 5.21. The van der Waals surface area contributed by atoms with Crippen LogP contribution in [0.5, 0.6) is 5.75 Å². The highest BCUT2D eigenvalue weighted by Crippen LogP contribution is 2.37. The highest BCUT2D eigenvalue weighted by Gasteiger charge is 2.49. The molecule has 14 heteroatoms. The number of carbonyl (C=O) groups is 3. The van der Waals surface area contributed by atoms with Crippen LogP contribution in [0.2, 0.25) is 0 Å². The number of carboxylic acid groups (broad SMARTS) is 1. The number of rotatable bonds is 6. The van der Waals surface area contributed by atoms with Crippen LogP contribution in [0, 0.1) is 0 Å². The molecule has 1 unspecified atom stereocenters. The third-order valence-corrected chi connectivity index (χ3v) is 5.21. The number of amides is 1. The number of hydrogen-bond donors (Lipinski definition) is 3. The molecule has 1 aromatic carbocycles. The van der Waals surface area contributed by atoms with Gasteiger partial charge in [-0.15, -0.1) is 9.78 Å². The molecule has 1 amide bonds. The monoisotopic (exact) mass is 476 g/mol. The van der Waals surface area contributed by atoms with Crippen LogP contribution in [-0.2, 0) is 29.1 Å². The number of piperazine rings is 1. The average Bonchev–Trinajstić information content (AvgIpc) is 3.38. The molecule has 0 saturated carbocycles. The second kappa shape index (κ2) is 8.92. The van der Waals surface area contributed by atoms with Gasteiger partial charge in [-0.1, -0.05) is 0 Å². The first kappa shape index (κ1) is 22.9. The van der Waals surface area contributed by atoms with E-state index in [2.05, 4.69) is 15.6 Å². The summed E-state index contributed by atoms with van der Waals surface area (Å²) in [5.74, 6) is -1.93. The number of ether oxygens (including phenoxy) is 1. The van der Waals surface area contributed by atoms with Gasteiger partial charge in [-0.25, -0.2) is 9.78 Å². The molecule has 0 radical (unpaired) electrons. The van der Waals surface area contributed by atoms with Crippen LogP contribution in [0.1, 0.15) is 6.92 Å². The van der Waals surface area contributed by atoms with E-state index in [9.17, 15) is 19.5 Å². The summed E-state index contributed by atoms with van der Waals surface area (Å²) >= 11 is 0. The van der Waals surface area contributed by atoms with E-state index in [0.29, 0.717) is 22.8 Å². The number of aromatic nitrogens is 1. The fourth-order valence-electron chi connectivity index (χ4n) is 3.54. The Kier molecular flexibility index (Phi) is 6.00. The molecule has 1 aromatic heterocycles. The number of anilines is 1. The quantitative estimate of drug-likeness (QED) is 0.309. The Morgan fingerprint density at radius 3 is 2.62 bits per heavy atom. The fraction of sp³-hybridized carbons (Fsp3) is 0.300. The lowest BCUT2D eigenvalue weighted by Gasteiger charge is -2.46. The maximum absolute atomic E-state index is 12.1. The maximum Gasteiger partial charge on any atom is 0.409 e. The summed E-state index contributed by atoms with van der Waals surface area (Å²) < 4.78 is 10.8. The Morgan fingerprint density at radius 2 is 2.03 bits per heavy atom. The van der Waals surface area contributed by atoms with E-state index < -0.39 is 23.5 Å². The summed E-state index contributed by atoms with van der Waals surface area (Å²) in [5.41, 5.74) is -0.355. The molecule has 14 nitrogen and oxygen atoms in total. The van der Waals surface area contributed by atoms with Gasteiger partial charge in [0, 0.05) is 24.8 Å². The number of nitrogens with one attached hydrogen (secondary N) is 2. The smallest absolute Gasteiger partial charge is 0.409 e. The summed E-state index contributed by atoms with van der Waals surface area (Å²) in [6, 6.07) is 5.03. The van der Waals surface area contributed by atoms with Crippen molar-refractivity contribution in [2.24, 2.45) is 0 Å². The SMILES string of the molecule is COc1cc(NC2(C)C(=C3OOC(C=O)(C=O)OO3)NCCN2C(=O)O)ccc1-c1cnco1. The van der Waals surface area contributed by atoms with Crippen molar-refractivity contribution in [2.45, 2.75) is 18.4 Å². The number of carbonyl (C=O) groups excluding carboxylic acids is 2. The van der Waals surface area contributed by atoms with Gasteiger partial charge in [0.25, 0.3) is 0 Å². The minimum atomic E-state index is -2.40. The molecular weight excluding hydrogens is 456 g/mol. The largest absolute Gasteiger partial charge is 0.496 e. The second-order valence-corrected chi connectivity index (χ2v) is 7.29. The molecule has 0 aliphatic carbocycles. The highest BCUT2D eigenvalue weighted by molar-refractivity contribution is 5.85. The van der Waals surface area contributed by atoms with E-state index in [1.807, 2.05) is 0 Å². The first-order valence-corrected chi connectivity index (χ1v) is 9.84. The lowest BCUT2D eigenvalue weighted by Crippen LogP contribution is -2.64. The van der Waals surface area contributed by atoms with Crippen LogP contribution in [0.3, 0.4) is 0 Å². The molecule has 2 fully saturated rings. The molecule has 2 aliphatic heterocycles. The van der Waals surface area contributed by atoms with Gasteiger partial charge in [0.2, 0.25) is 0 Å². The topological polar surface area (TPSA) is 171 Å². The minimum absolute atomic E-state index is 0.0408. The molecule has 3 N–H and O–H groups in total. The van der Waals surface area contributed by atoms with Gasteiger partial charge >= 0.3 is 17.8 Å². The normalized spacial score (nSPS) is 21.5. The lowest BCUT2D eigenvalue weighted by atomic mass is 10.0. The highest BCUT2D eigenvalue weighted by atomic mass is 17.4. The van der Waals surface area contributed by atoms with E-state index in [0.717, 1.165) is 4.90 Å². The van der Waals surface area contributed by atoms with E-state index in [-0.39, 0.29) is 31.4 Å². The number of hydrogen-bond acceptors (Lipinski definition) is 12. The van der Waals surface area contributed by atoms with Crippen LogP contribution in [0.15, 0.2) is 46.8 Å². The molecular formula is C20H20N4O10. The van der Waals surface area contributed by atoms with Crippen molar-refractivity contribution in [3.05, 3.63) is 42.4 Å². The van der Waals surface area contributed by atoms with Crippen LogP contribution in [0.4, 0.5) is 10.5 Å². The van der Waals surface area contributed by atoms with Crippen molar-refractivity contribution < 1.29 is 48.2 Å². The predicted octanol–water partition coefficient (Wildman–Crippen LogP) is 1.23. The first-order chi connectivity index (χ1) is 16.4. The van der Waals surface area contributed by atoms with Gasteiger partial charge in [-0.3, -0.25) is 24.3 Å². The number of methoxy groups -OCH3 is 1. The molecule has 0 spiro atoms. The summed E-state index contributed by atoms with van der Waals surface area (Å²) in [6.07, 6.45) is 1.66. The van der Waals surface area contributed by atoms with Crippen molar-refractivity contribution in [1.29, 1.82) is 0 Å². The van der Waals surface area contributed by atoms with Crippen LogP contribution >= 0.6 is 0 Å². The molecule has 1 atom stereocenters. The number of nitrogens with zero attached hydrogens (tertiary/aromatic N) is 2. The van der Waals surface area contributed by atoms with Crippen molar-refractivity contribution >= 4 is 24.4 Å². The summed E-state index contributed by atoms with van der Waals surface area (Å²) in [5, 5.41) is 16.0. The maximum atomic E-state index is 12.1. The molecule has 3 heterocycles. The molecule has 2 aliphatic rings. The van der Waals surface area contributed by atoms with E-state index in [4.69, 9.17) is 28.7 Å². The Bertz CT molecular complexity index is 1100. The Morgan fingerprint density at radius 1 is 1.29 bits per heavy atom. The van der Waals surface area contributed by atoms with Gasteiger partial charge in [0.05, 0.1) is 18.9 Å². The Labute approximate surface area is 191 Å². The molecule has 2 saturated heterocycles. The van der Waals surface area contributed by atoms with Crippen molar-refractivity contribution in [3.63, 3.8) is 0 Å². The zero-order chi connectivity index (χ0) is 24.3. The average molecular weight is 476 g/mol. The van der Waals surface area contributed by atoms with E-state index >= 15 is 0 Å². The molecule has 34 heavy (non-hydrogen) atoms. The van der Waals surface area contributed by atoms with E-state index in [1.54, 1.807) is 25.1 Å². The van der Waals surface area contributed by atoms with Gasteiger partial charge in [-0.05, 0) is 19.1 Å². The van der Waals surface area contributed by atoms with Gasteiger partial charge in [0.1, 0.15) is 11.4 Å². The Balaban J connectivity index is 1.71. The first-order valence-electron chi connectivity index (χ1n) is 9.84. The molecule has 2 aromatic rings. The standard InChI is InChI=1S/C20H20N4O10/c1-19(23-12-3-4-13(14(7-12)29-2)15-8-21-11-30-15)16(22-5-6-24(19)18(27)28)17-31-33-20(9-25,10-26)34-32-17/h3-4,7-11,22-23H,5-6H2,1-2H3,(H,27,28). The number of oxazole rings is 1. The predicted molar refractivity (Wildman–Crippen MR) is 109 cm³/mol. The van der Waals surface area contributed by atoms with Crippen LogP contribution < -0.4 is 15.4 Å². The van der Waals surface area contributed by atoms with Crippen molar-refractivity contribution in [2.75, 3.05) is 25.5 Å². The molecule has 180 valence electrons. The Hall–Kier alpha value is -4.30. The van der Waals surface area contributed by atoms with Gasteiger partial charge < -0.3 is 24.9 Å². The summed E-state index contributed by atoms with van der Waals surface area (Å²) in [4.78, 5) is 58.7. The van der Waals surface area contributed by atoms with Crippen LogP contribution in [-0.4, -0.2) is 65.3 Å².